The second-order valence-electron chi connectivity index (χ2n) is 5.54. The normalized spacial score (nSPS) is 14.6. The van der Waals surface area contributed by atoms with Gasteiger partial charge in [0, 0.05) is 18.5 Å². The summed E-state index contributed by atoms with van der Waals surface area (Å²) in [4.78, 5) is 25.5. The Morgan fingerprint density at radius 2 is 2.20 bits per heavy atom. The van der Waals surface area contributed by atoms with Crippen LogP contribution in [0, 0.1) is 0 Å². The van der Waals surface area contributed by atoms with E-state index in [1.165, 1.54) is 10.7 Å². The van der Waals surface area contributed by atoms with Gasteiger partial charge in [0.25, 0.3) is 5.56 Å². The van der Waals surface area contributed by atoms with E-state index in [1.807, 2.05) is 14.1 Å². The van der Waals surface area contributed by atoms with Crippen LogP contribution in [-0.4, -0.2) is 47.8 Å². The Morgan fingerprint density at radius 3 is 2.85 bits per heavy atom. The lowest BCUT2D eigenvalue weighted by Crippen LogP contribution is -2.34. The molecule has 110 valence electrons. The minimum Gasteiger partial charge on any atom is -0.354 e. The number of hydrogen-bond acceptors (Lipinski definition) is 4. The van der Waals surface area contributed by atoms with Crippen molar-refractivity contribution in [1.29, 1.82) is 0 Å². The van der Waals surface area contributed by atoms with Gasteiger partial charge in [-0.1, -0.05) is 0 Å². The predicted molar refractivity (Wildman–Crippen MR) is 76.7 cm³/mol. The number of nitrogens with one attached hydrogen (secondary N) is 1. The van der Waals surface area contributed by atoms with E-state index in [9.17, 15) is 9.59 Å². The van der Waals surface area contributed by atoms with Crippen LogP contribution in [0.1, 0.15) is 30.9 Å². The fraction of sp³-hybridized carbons (Fsp3) is 0.643. The SMILES string of the molecule is CN(C)CCCNC(=O)Cn1nc(C2CC2)ccc1=O. The number of hydrogen-bond donors (Lipinski definition) is 1. The van der Waals surface area contributed by atoms with Crippen LogP contribution >= 0.6 is 0 Å². The van der Waals surface area contributed by atoms with Crippen molar-refractivity contribution < 1.29 is 4.79 Å². The number of aromatic nitrogens is 2. The van der Waals surface area contributed by atoms with Crippen LogP contribution in [0.3, 0.4) is 0 Å². The Balaban J connectivity index is 1.84. The molecule has 1 fully saturated rings. The topological polar surface area (TPSA) is 67.2 Å². The van der Waals surface area contributed by atoms with Gasteiger partial charge in [0.15, 0.2) is 0 Å². The highest BCUT2D eigenvalue weighted by atomic mass is 16.2. The van der Waals surface area contributed by atoms with E-state index >= 15 is 0 Å². The van der Waals surface area contributed by atoms with Crippen LogP contribution in [0.2, 0.25) is 0 Å². The van der Waals surface area contributed by atoms with E-state index in [1.54, 1.807) is 6.07 Å². The number of carbonyl (C=O) groups excluding carboxylic acids is 1. The molecule has 0 aromatic carbocycles. The fourth-order valence-electron chi connectivity index (χ4n) is 1.99. The first-order valence-electron chi connectivity index (χ1n) is 7.06. The second kappa shape index (κ2) is 6.65. The molecule has 0 unspecified atom stereocenters. The van der Waals surface area contributed by atoms with E-state index in [0.717, 1.165) is 31.5 Å². The van der Waals surface area contributed by atoms with Crippen molar-refractivity contribution in [2.45, 2.75) is 31.7 Å². The molecule has 20 heavy (non-hydrogen) atoms. The highest BCUT2D eigenvalue weighted by Crippen LogP contribution is 2.38. The van der Waals surface area contributed by atoms with Crippen molar-refractivity contribution in [3.8, 4) is 0 Å². The standard InChI is InChI=1S/C14H22N4O2/c1-17(2)9-3-8-15-13(19)10-18-14(20)7-6-12(16-18)11-4-5-11/h6-7,11H,3-5,8-10H2,1-2H3,(H,15,19). The molecule has 0 bridgehead atoms. The number of carbonyl (C=O) groups is 1. The van der Waals surface area contributed by atoms with E-state index < -0.39 is 0 Å². The first-order valence-corrected chi connectivity index (χ1v) is 7.06. The number of amides is 1. The Morgan fingerprint density at radius 1 is 1.45 bits per heavy atom. The average Bonchev–Trinajstić information content (AvgIpc) is 3.21. The molecule has 0 aliphatic heterocycles. The molecule has 2 rings (SSSR count). The summed E-state index contributed by atoms with van der Waals surface area (Å²) < 4.78 is 1.26. The van der Waals surface area contributed by atoms with Crippen molar-refractivity contribution in [3.05, 3.63) is 28.2 Å². The lowest BCUT2D eigenvalue weighted by molar-refractivity contribution is -0.121. The molecule has 1 heterocycles. The molecular weight excluding hydrogens is 256 g/mol. The summed E-state index contributed by atoms with van der Waals surface area (Å²) in [6.07, 6.45) is 3.15. The van der Waals surface area contributed by atoms with Gasteiger partial charge in [0.2, 0.25) is 5.91 Å². The molecule has 6 nitrogen and oxygen atoms in total. The van der Waals surface area contributed by atoms with E-state index in [2.05, 4.69) is 15.3 Å². The minimum absolute atomic E-state index is 0.00135. The highest BCUT2D eigenvalue weighted by molar-refractivity contribution is 5.75. The first-order chi connectivity index (χ1) is 9.56. The maximum atomic E-state index is 11.8. The van der Waals surface area contributed by atoms with Gasteiger partial charge < -0.3 is 10.2 Å². The van der Waals surface area contributed by atoms with Gasteiger partial charge >= 0.3 is 0 Å². The summed E-state index contributed by atoms with van der Waals surface area (Å²) in [6.45, 7) is 1.55. The van der Waals surface area contributed by atoms with Crippen molar-refractivity contribution in [1.82, 2.24) is 20.0 Å². The van der Waals surface area contributed by atoms with Crippen LogP contribution in [0.5, 0.6) is 0 Å². The van der Waals surface area contributed by atoms with Crippen LogP contribution < -0.4 is 10.9 Å². The summed E-state index contributed by atoms with van der Waals surface area (Å²) in [5.41, 5.74) is 0.697. The van der Waals surface area contributed by atoms with E-state index in [4.69, 9.17) is 0 Å². The quantitative estimate of drug-likeness (QED) is 0.723. The van der Waals surface area contributed by atoms with Crippen LogP contribution in [0.15, 0.2) is 16.9 Å². The van der Waals surface area contributed by atoms with Gasteiger partial charge in [-0.25, -0.2) is 4.68 Å². The smallest absolute Gasteiger partial charge is 0.267 e. The number of nitrogens with zero attached hydrogens (tertiary/aromatic N) is 3. The van der Waals surface area contributed by atoms with Crippen molar-refractivity contribution in [3.63, 3.8) is 0 Å². The molecule has 1 aromatic heterocycles. The van der Waals surface area contributed by atoms with Crippen LogP contribution in [0.25, 0.3) is 0 Å². The molecule has 1 aromatic rings. The maximum absolute atomic E-state index is 11.8. The molecular formula is C14H22N4O2. The highest BCUT2D eigenvalue weighted by Gasteiger charge is 2.25. The molecule has 0 radical (unpaired) electrons. The molecule has 1 aliphatic carbocycles. The van der Waals surface area contributed by atoms with Gasteiger partial charge in [0.1, 0.15) is 6.54 Å². The fourth-order valence-corrected chi connectivity index (χ4v) is 1.99. The molecule has 1 N–H and O–H groups in total. The van der Waals surface area contributed by atoms with Gasteiger partial charge in [-0.2, -0.15) is 5.10 Å². The zero-order valence-electron chi connectivity index (χ0n) is 12.1. The third kappa shape index (κ3) is 4.45. The predicted octanol–water partition coefficient (Wildman–Crippen LogP) is 0.189. The molecule has 0 saturated heterocycles. The summed E-state index contributed by atoms with van der Waals surface area (Å²) in [5.74, 6) is 0.316. The zero-order chi connectivity index (χ0) is 14.5. The minimum atomic E-state index is -0.224. The molecule has 0 atom stereocenters. The largest absolute Gasteiger partial charge is 0.354 e. The lowest BCUT2D eigenvalue weighted by atomic mass is 10.3. The third-order valence-electron chi connectivity index (χ3n) is 3.28. The number of rotatable bonds is 7. The van der Waals surface area contributed by atoms with Crippen LogP contribution in [0.4, 0.5) is 0 Å². The Bertz CT molecular complexity index is 520. The monoisotopic (exact) mass is 278 g/mol. The molecule has 1 saturated carbocycles. The Labute approximate surface area is 118 Å². The molecule has 1 aliphatic rings. The van der Waals surface area contributed by atoms with Crippen molar-refractivity contribution >= 4 is 5.91 Å². The maximum Gasteiger partial charge on any atom is 0.267 e. The molecule has 6 heteroatoms. The Hall–Kier alpha value is -1.69. The van der Waals surface area contributed by atoms with Gasteiger partial charge in [0.05, 0.1) is 5.69 Å². The molecule has 1 amide bonds. The van der Waals surface area contributed by atoms with Gasteiger partial charge in [-0.15, -0.1) is 0 Å². The van der Waals surface area contributed by atoms with Crippen LogP contribution in [-0.2, 0) is 11.3 Å². The van der Waals surface area contributed by atoms with E-state index in [0.29, 0.717) is 12.5 Å². The van der Waals surface area contributed by atoms with Gasteiger partial charge in [-0.05, 0) is 46.0 Å². The molecule has 0 spiro atoms. The second-order valence-corrected chi connectivity index (χ2v) is 5.54. The summed E-state index contributed by atoms with van der Waals surface area (Å²) in [5, 5.41) is 7.08. The van der Waals surface area contributed by atoms with Crippen molar-refractivity contribution in [2.75, 3.05) is 27.2 Å². The first kappa shape index (κ1) is 14.7. The summed E-state index contributed by atoms with van der Waals surface area (Å²) in [7, 11) is 3.99. The Kier molecular flexibility index (Phi) is 4.89. The van der Waals surface area contributed by atoms with Crippen molar-refractivity contribution in [2.24, 2.45) is 0 Å². The lowest BCUT2D eigenvalue weighted by Gasteiger charge is -2.10. The third-order valence-corrected chi connectivity index (χ3v) is 3.28. The zero-order valence-corrected chi connectivity index (χ0v) is 12.1. The average molecular weight is 278 g/mol. The van der Waals surface area contributed by atoms with Gasteiger partial charge in [-0.3, -0.25) is 9.59 Å². The van der Waals surface area contributed by atoms with E-state index in [-0.39, 0.29) is 18.0 Å². The summed E-state index contributed by atoms with van der Waals surface area (Å²) >= 11 is 0. The summed E-state index contributed by atoms with van der Waals surface area (Å²) in [6, 6.07) is 3.27.